The number of nitrogens with one attached hydrogen (secondary N) is 1. The molecule has 5 heteroatoms. The van der Waals surface area contributed by atoms with Gasteiger partial charge in [0.1, 0.15) is 0 Å². The Morgan fingerprint density at radius 3 is 2.75 bits per heavy atom. The molecule has 2 rings (SSSR count). The van der Waals surface area contributed by atoms with E-state index >= 15 is 0 Å². The fraction of sp³-hybridized carbons (Fsp3) is 0.933. The monoisotopic (exact) mass is 299 g/mol. The summed E-state index contributed by atoms with van der Waals surface area (Å²) in [7, 11) is 0. The summed E-state index contributed by atoms with van der Waals surface area (Å²) in [4.78, 5) is 16.7. The highest BCUT2D eigenvalue weighted by molar-refractivity contribution is 8.00. The molecule has 2 heterocycles. The lowest BCUT2D eigenvalue weighted by Gasteiger charge is -2.37. The lowest BCUT2D eigenvalue weighted by atomic mass is 10.1. The lowest BCUT2D eigenvalue weighted by Crippen LogP contribution is -2.50. The van der Waals surface area contributed by atoms with Crippen LogP contribution in [0.5, 0.6) is 0 Å². The number of hydrogen-bond donors (Lipinski definition) is 1. The first kappa shape index (κ1) is 16.0. The van der Waals surface area contributed by atoms with Crippen LogP contribution in [-0.2, 0) is 0 Å². The summed E-state index contributed by atoms with van der Waals surface area (Å²) in [5, 5.41) is 3.14. The predicted molar refractivity (Wildman–Crippen MR) is 86.3 cm³/mol. The number of urea groups is 1. The van der Waals surface area contributed by atoms with Crippen LogP contribution in [0, 0.1) is 5.92 Å². The molecule has 2 saturated heterocycles. The average Bonchev–Trinajstić information content (AvgIpc) is 2.83. The highest BCUT2D eigenvalue weighted by Gasteiger charge is 2.30. The summed E-state index contributed by atoms with van der Waals surface area (Å²) in [6.07, 6.45) is 1.21. The number of carbonyl (C=O) groups excluding carboxylic acids is 1. The number of hydrogen-bond acceptors (Lipinski definition) is 3. The van der Waals surface area contributed by atoms with E-state index in [0.29, 0.717) is 12.0 Å². The van der Waals surface area contributed by atoms with E-state index in [4.69, 9.17) is 0 Å². The van der Waals surface area contributed by atoms with Crippen LogP contribution in [0.4, 0.5) is 4.79 Å². The van der Waals surface area contributed by atoms with Crippen molar-refractivity contribution in [3.8, 4) is 0 Å². The molecule has 2 fully saturated rings. The van der Waals surface area contributed by atoms with Gasteiger partial charge >= 0.3 is 6.03 Å². The van der Waals surface area contributed by atoms with E-state index in [0.717, 1.165) is 31.9 Å². The number of carbonyl (C=O) groups is 1. The summed E-state index contributed by atoms with van der Waals surface area (Å²) in [6.45, 7) is 13.8. The van der Waals surface area contributed by atoms with Crippen LogP contribution in [-0.4, -0.2) is 65.1 Å². The van der Waals surface area contributed by atoms with Crippen molar-refractivity contribution in [2.24, 2.45) is 5.92 Å². The van der Waals surface area contributed by atoms with Crippen LogP contribution in [0.1, 0.15) is 34.1 Å². The second-order valence-corrected chi connectivity index (χ2v) is 8.76. The van der Waals surface area contributed by atoms with E-state index < -0.39 is 0 Å². The van der Waals surface area contributed by atoms with Gasteiger partial charge in [0.2, 0.25) is 0 Å². The Bertz CT molecular complexity index is 346. The van der Waals surface area contributed by atoms with Gasteiger partial charge in [0.25, 0.3) is 0 Å². The molecule has 2 aliphatic heterocycles. The minimum Gasteiger partial charge on any atom is -0.338 e. The minimum atomic E-state index is 0.126. The SMILES string of the molecule is CC(C)N1CCC(CNC(=O)N2CCSC(C)(C)C2)C1. The normalized spacial score (nSPS) is 27.1. The second-order valence-electron chi connectivity index (χ2n) is 6.96. The molecular weight excluding hydrogens is 270 g/mol. The molecule has 0 saturated carbocycles. The van der Waals surface area contributed by atoms with Gasteiger partial charge in [0, 0.05) is 42.7 Å². The van der Waals surface area contributed by atoms with Crippen molar-refractivity contribution in [3.63, 3.8) is 0 Å². The van der Waals surface area contributed by atoms with Crippen molar-refractivity contribution in [1.82, 2.24) is 15.1 Å². The summed E-state index contributed by atoms with van der Waals surface area (Å²) in [5.74, 6) is 1.67. The van der Waals surface area contributed by atoms with Crippen LogP contribution < -0.4 is 5.32 Å². The highest BCUT2D eigenvalue weighted by Crippen LogP contribution is 2.29. The summed E-state index contributed by atoms with van der Waals surface area (Å²) in [5.41, 5.74) is 0. The zero-order valence-corrected chi connectivity index (χ0v) is 14.1. The maximum atomic E-state index is 12.2. The maximum Gasteiger partial charge on any atom is 0.317 e. The quantitative estimate of drug-likeness (QED) is 0.868. The van der Waals surface area contributed by atoms with Crippen LogP contribution in [0.25, 0.3) is 0 Å². The molecule has 0 aromatic heterocycles. The fourth-order valence-electron chi connectivity index (χ4n) is 3.03. The summed E-state index contributed by atoms with van der Waals surface area (Å²) in [6, 6.07) is 0.747. The van der Waals surface area contributed by atoms with Gasteiger partial charge in [0.15, 0.2) is 0 Å². The maximum absolute atomic E-state index is 12.2. The van der Waals surface area contributed by atoms with Gasteiger partial charge in [-0.3, -0.25) is 0 Å². The summed E-state index contributed by atoms with van der Waals surface area (Å²) >= 11 is 1.96. The van der Waals surface area contributed by atoms with E-state index in [1.807, 2.05) is 16.7 Å². The highest BCUT2D eigenvalue weighted by atomic mass is 32.2. The molecule has 1 N–H and O–H groups in total. The van der Waals surface area contributed by atoms with Gasteiger partial charge < -0.3 is 15.1 Å². The zero-order chi connectivity index (χ0) is 14.8. The van der Waals surface area contributed by atoms with Gasteiger partial charge in [-0.15, -0.1) is 0 Å². The molecule has 116 valence electrons. The van der Waals surface area contributed by atoms with Gasteiger partial charge in [-0.05, 0) is 46.6 Å². The Morgan fingerprint density at radius 2 is 2.15 bits per heavy atom. The van der Waals surface area contributed by atoms with E-state index in [-0.39, 0.29) is 10.8 Å². The van der Waals surface area contributed by atoms with E-state index in [1.54, 1.807) is 0 Å². The molecular formula is C15H29N3OS. The Kier molecular flexibility index (Phi) is 5.24. The molecule has 1 unspecified atom stereocenters. The van der Waals surface area contributed by atoms with Gasteiger partial charge in [0.05, 0.1) is 0 Å². The van der Waals surface area contributed by atoms with Gasteiger partial charge in [-0.25, -0.2) is 4.79 Å². The van der Waals surface area contributed by atoms with Crippen molar-refractivity contribution in [1.29, 1.82) is 0 Å². The van der Waals surface area contributed by atoms with Gasteiger partial charge in [-0.2, -0.15) is 11.8 Å². The standard InChI is InChI=1S/C15H29N3OS/c1-12(2)17-6-5-13(10-17)9-16-14(19)18-7-8-20-15(3,4)11-18/h12-13H,5-11H2,1-4H3,(H,16,19). The lowest BCUT2D eigenvalue weighted by molar-refractivity contribution is 0.192. The first-order valence-electron chi connectivity index (χ1n) is 7.78. The smallest absolute Gasteiger partial charge is 0.317 e. The van der Waals surface area contributed by atoms with E-state index in [2.05, 4.69) is 37.9 Å². The van der Waals surface area contributed by atoms with Crippen LogP contribution in [0.3, 0.4) is 0 Å². The molecule has 2 amide bonds. The molecule has 20 heavy (non-hydrogen) atoms. The van der Waals surface area contributed by atoms with Crippen molar-refractivity contribution in [3.05, 3.63) is 0 Å². The minimum absolute atomic E-state index is 0.126. The predicted octanol–water partition coefficient (Wildman–Crippen LogP) is 2.25. The third kappa shape index (κ3) is 4.29. The number of likely N-dealkylation sites (tertiary alicyclic amines) is 1. The fourth-order valence-corrected chi connectivity index (χ4v) is 4.14. The number of thioether (sulfide) groups is 1. The number of rotatable bonds is 3. The second kappa shape index (κ2) is 6.56. The molecule has 4 nitrogen and oxygen atoms in total. The number of amides is 2. The van der Waals surface area contributed by atoms with Crippen LogP contribution in [0.2, 0.25) is 0 Å². The Labute approximate surface area is 127 Å². The van der Waals surface area contributed by atoms with Crippen molar-refractivity contribution in [2.45, 2.75) is 44.9 Å². The molecule has 2 aliphatic rings. The van der Waals surface area contributed by atoms with E-state index in [9.17, 15) is 4.79 Å². The first-order valence-corrected chi connectivity index (χ1v) is 8.77. The van der Waals surface area contributed by atoms with Gasteiger partial charge in [-0.1, -0.05) is 0 Å². The number of nitrogens with zero attached hydrogens (tertiary/aromatic N) is 2. The largest absolute Gasteiger partial charge is 0.338 e. The van der Waals surface area contributed by atoms with Crippen LogP contribution >= 0.6 is 11.8 Å². The molecule has 0 radical (unpaired) electrons. The first-order chi connectivity index (χ1) is 9.37. The third-order valence-electron chi connectivity index (χ3n) is 4.30. The Hall–Kier alpha value is -0.420. The molecule has 0 aromatic carbocycles. The molecule has 0 aromatic rings. The average molecular weight is 299 g/mol. The van der Waals surface area contributed by atoms with Crippen LogP contribution in [0.15, 0.2) is 0 Å². The third-order valence-corrected chi connectivity index (χ3v) is 5.60. The molecule has 1 atom stereocenters. The van der Waals surface area contributed by atoms with Crippen molar-refractivity contribution >= 4 is 17.8 Å². The van der Waals surface area contributed by atoms with E-state index in [1.165, 1.54) is 13.0 Å². The molecule has 0 aliphatic carbocycles. The molecule has 0 spiro atoms. The Balaban J connectivity index is 1.73. The summed E-state index contributed by atoms with van der Waals surface area (Å²) < 4.78 is 0.192. The zero-order valence-electron chi connectivity index (χ0n) is 13.3. The molecule has 0 bridgehead atoms. The van der Waals surface area contributed by atoms with Crippen molar-refractivity contribution in [2.75, 3.05) is 38.5 Å². The van der Waals surface area contributed by atoms with Crippen molar-refractivity contribution < 1.29 is 4.79 Å². The Morgan fingerprint density at radius 1 is 1.40 bits per heavy atom. The topological polar surface area (TPSA) is 35.6 Å².